The predicted octanol–water partition coefficient (Wildman–Crippen LogP) is 2.57. The van der Waals surface area contributed by atoms with E-state index in [0.29, 0.717) is 0 Å². The Hall–Kier alpha value is -0.0400. The minimum atomic E-state index is 1.09. The average Bonchev–Trinajstić information content (AvgIpc) is 2.44. The van der Waals surface area contributed by atoms with E-state index in [1.54, 1.807) is 0 Å². The van der Waals surface area contributed by atoms with E-state index in [0.717, 1.165) is 13.1 Å². The summed E-state index contributed by atoms with van der Waals surface area (Å²) >= 11 is 0. The van der Waals surface area contributed by atoms with Crippen molar-refractivity contribution in [2.45, 2.75) is 46.0 Å². The van der Waals surface area contributed by atoms with Crippen LogP contribution >= 0.6 is 0 Å². The SMILES string of the molecule is C1CCCC1.CCNCC. The first-order chi connectivity index (χ1) is 4.91. The lowest BCUT2D eigenvalue weighted by molar-refractivity contribution is 0.762. The molecule has 10 heavy (non-hydrogen) atoms. The summed E-state index contributed by atoms with van der Waals surface area (Å²) in [5.74, 6) is 0. The summed E-state index contributed by atoms with van der Waals surface area (Å²) in [5.41, 5.74) is 0. The monoisotopic (exact) mass is 143 g/mol. The molecule has 1 rings (SSSR count). The summed E-state index contributed by atoms with van der Waals surface area (Å²) < 4.78 is 0. The highest BCUT2D eigenvalue weighted by atomic mass is 14.8. The van der Waals surface area contributed by atoms with Gasteiger partial charge in [-0.2, -0.15) is 0 Å². The number of nitrogens with one attached hydrogen (secondary N) is 1. The van der Waals surface area contributed by atoms with Crippen molar-refractivity contribution in [2.24, 2.45) is 0 Å². The molecule has 1 N–H and O–H groups in total. The molecule has 0 heterocycles. The lowest BCUT2D eigenvalue weighted by Gasteiger charge is -1.86. The molecular formula is C9H21N. The van der Waals surface area contributed by atoms with Crippen LogP contribution in [0.25, 0.3) is 0 Å². The molecule has 0 amide bonds. The molecule has 1 aliphatic rings. The van der Waals surface area contributed by atoms with Gasteiger partial charge in [-0.1, -0.05) is 46.0 Å². The van der Waals surface area contributed by atoms with Crippen molar-refractivity contribution in [3.8, 4) is 0 Å². The average molecular weight is 143 g/mol. The largest absolute Gasteiger partial charge is 0.317 e. The third-order valence-corrected chi connectivity index (χ3v) is 1.75. The number of rotatable bonds is 2. The smallest absolute Gasteiger partial charge is 0.00775 e. The van der Waals surface area contributed by atoms with Gasteiger partial charge in [-0.15, -0.1) is 0 Å². The van der Waals surface area contributed by atoms with E-state index in [9.17, 15) is 0 Å². The highest BCUT2D eigenvalue weighted by Crippen LogP contribution is 2.15. The van der Waals surface area contributed by atoms with Crippen molar-refractivity contribution >= 4 is 0 Å². The summed E-state index contributed by atoms with van der Waals surface area (Å²) in [6.07, 6.45) is 7.50. The molecule has 0 spiro atoms. The summed E-state index contributed by atoms with van der Waals surface area (Å²) in [7, 11) is 0. The predicted molar refractivity (Wildman–Crippen MR) is 47.3 cm³/mol. The molecule has 0 radical (unpaired) electrons. The Kier molecular flexibility index (Phi) is 8.92. The van der Waals surface area contributed by atoms with Gasteiger partial charge in [0.1, 0.15) is 0 Å². The minimum absolute atomic E-state index is 1.09. The van der Waals surface area contributed by atoms with Gasteiger partial charge < -0.3 is 5.32 Å². The van der Waals surface area contributed by atoms with E-state index >= 15 is 0 Å². The summed E-state index contributed by atoms with van der Waals surface area (Å²) in [6.45, 7) is 6.39. The third-order valence-electron chi connectivity index (χ3n) is 1.75. The topological polar surface area (TPSA) is 12.0 Å². The molecule has 1 aliphatic carbocycles. The highest BCUT2D eigenvalue weighted by Gasteiger charge is 1.95. The third kappa shape index (κ3) is 7.96. The van der Waals surface area contributed by atoms with Gasteiger partial charge in [-0.05, 0) is 13.1 Å². The Morgan fingerprint density at radius 1 is 0.800 bits per heavy atom. The van der Waals surface area contributed by atoms with Gasteiger partial charge in [0.05, 0.1) is 0 Å². The van der Waals surface area contributed by atoms with Gasteiger partial charge in [0.15, 0.2) is 0 Å². The van der Waals surface area contributed by atoms with Crippen LogP contribution in [0.5, 0.6) is 0 Å². The zero-order valence-electron chi connectivity index (χ0n) is 7.45. The van der Waals surface area contributed by atoms with Crippen molar-refractivity contribution < 1.29 is 0 Å². The molecule has 0 aromatic rings. The van der Waals surface area contributed by atoms with Gasteiger partial charge in [-0.3, -0.25) is 0 Å². The second-order valence-electron chi connectivity index (χ2n) is 2.72. The first-order valence-corrected chi connectivity index (χ1v) is 4.62. The van der Waals surface area contributed by atoms with Crippen molar-refractivity contribution in [3.05, 3.63) is 0 Å². The highest BCUT2D eigenvalue weighted by molar-refractivity contribution is 4.51. The van der Waals surface area contributed by atoms with E-state index in [1.165, 1.54) is 32.1 Å². The van der Waals surface area contributed by atoms with Crippen LogP contribution in [0.1, 0.15) is 46.0 Å². The van der Waals surface area contributed by atoms with Gasteiger partial charge in [0.25, 0.3) is 0 Å². The van der Waals surface area contributed by atoms with Crippen LogP contribution in [-0.4, -0.2) is 13.1 Å². The maximum absolute atomic E-state index is 3.11. The molecule has 1 heteroatoms. The van der Waals surface area contributed by atoms with E-state index in [1.807, 2.05) is 0 Å². The molecule has 1 fully saturated rings. The minimum Gasteiger partial charge on any atom is -0.317 e. The molecule has 0 unspecified atom stereocenters. The fourth-order valence-corrected chi connectivity index (χ4v) is 1.13. The van der Waals surface area contributed by atoms with Crippen LogP contribution in [0.2, 0.25) is 0 Å². The quantitative estimate of drug-likeness (QED) is 0.626. The zero-order chi connectivity index (χ0) is 7.66. The maximum atomic E-state index is 3.11. The van der Waals surface area contributed by atoms with Gasteiger partial charge in [-0.25, -0.2) is 0 Å². The van der Waals surface area contributed by atoms with Gasteiger partial charge in [0.2, 0.25) is 0 Å². The van der Waals surface area contributed by atoms with Crippen molar-refractivity contribution in [1.29, 1.82) is 0 Å². The number of hydrogen-bond acceptors (Lipinski definition) is 1. The van der Waals surface area contributed by atoms with Gasteiger partial charge >= 0.3 is 0 Å². The standard InChI is InChI=1S/C5H10.C4H11N/c1-2-4-5-3-1;1-3-5-4-2/h1-5H2;5H,3-4H2,1-2H3. The molecule has 0 saturated heterocycles. The van der Waals surface area contributed by atoms with Crippen molar-refractivity contribution in [3.63, 3.8) is 0 Å². The fourth-order valence-electron chi connectivity index (χ4n) is 1.13. The maximum Gasteiger partial charge on any atom is -0.00775 e. The molecule has 0 aromatic heterocycles. The second-order valence-corrected chi connectivity index (χ2v) is 2.72. The normalized spacial score (nSPS) is 16.2. The van der Waals surface area contributed by atoms with E-state index < -0.39 is 0 Å². The van der Waals surface area contributed by atoms with E-state index in [2.05, 4.69) is 19.2 Å². The Morgan fingerprint density at radius 3 is 1.20 bits per heavy atom. The van der Waals surface area contributed by atoms with Crippen LogP contribution in [0.4, 0.5) is 0 Å². The Balaban J connectivity index is 0.000000162. The molecular weight excluding hydrogens is 122 g/mol. The lowest BCUT2D eigenvalue weighted by atomic mass is 10.4. The van der Waals surface area contributed by atoms with Gasteiger partial charge in [0, 0.05) is 0 Å². The van der Waals surface area contributed by atoms with E-state index in [-0.39, 0.29) is 0 Å². The van der Waals surface area contributed by atoms with Crippen LogP contribution in [0.15, 0.2) is 0 Å². The molecule has 0 aromatic carbocycles. The summed E-state index contributed by atoms with van der Waals surface area (Å²) in [4.78, 5) is 0. The fraction of sp³-hybridized carbons (Fsp3) is 1.00. The zero-order valence-corrected chi connectivity index (χ0v) is 7.45. The number of hydrogen-bond donors (Lipinski definition) is 1. The first kappa shape index (κ1) is 9.96. The molecule has 0 bridgehead atoms. The Labute approximate surface area is 65.2 Å². The summed E-state index contributed by atoms with van der Waals surface area (Å²) in [6, 6.07) is 0. The van der Waals surface area contributed by atoms with E-state index in [4.69, 9.17) is 0 Å². The Bertz CT molecular complexity index is 39.1. The lowest BCUT2D eigenvalue weighted by Crippen LogP contribution is -2.09. The van der Waals surface area contributed by atoms with Crippen molar-refractivity contribution in [1.82, 2.24) is 5.32 Å². The van der Waals surface area contributed by atoms with Crippen LogP contribution < -0.4 is 5.32 Å². The van der Waals surface area contributed by atoms with Crippen LogP contribution in [-0.2, 0) is 0 Å². The molecule has 0 aliphatic heterocycles. The molecule has 1 nitrogen and oxygen atoms in total. The second kappa shape index (κ2) is 8.96. The Morgan fingerprint density at radius 2 is 1.10 bits per heavy atom. The summed E-state index contributed by atoms with van der Waals surface area (Å²) in [5, 5.41) is 3.11. The molecule has 1 saturated carbocycles. The van der Waals surface area contributed by atoms with Crippen LogP contribution in [0.3, 0.4) is 0 Å². The molecule has 62 valence electrons. The van der Waals surface area contributed by atoms with Crippen molar-refractivity contribution in [2.75, 3.05) is 13.1 Å². The van der Waals surface area contributed by atoms with Crippen LogP contribution in [0, 0.1) is 0 Å². The first-order valence-electron chi connectivity index (χ1n) is 4.62. The molecule has 0 atom stereocenters.